The zero-order valence-electron chi connectivity index (χ0n) is 30.5. The number of unbranched alkanes of at least 4 members (excludes halogenated alkanes) is 21. The summed E-state index contributed by atoms with van der Waals surface area (Å²) < 4.78 is 10.7. The number of carbonyl (C=O) groups is 1. The van der Waals surface area contributed by atoms with Crippen molar-refractivity contribution in [3.05, 3.63) is 85.3 Å². The van der Waals surface area contributed by atoms with E-state index in [4.69, 9.17) is 9.47 Å². The Balaban J connectivity index is 3.76. The van der Waals surface area contributed by atoms with E-state index >= 15 is 0 Å². The maximum Gasteiger partial charge on any atom is 0.331 e. The smallest absolute Gasteiger partial charge is 0.331 e. The van der Waals surface area contributed by atoms with Crippen molar-refractivity contribution in [2.45, 2.75) is 168 Å². The first kappa shape index (κ1) is 44.4. The Bertz CT molecular complexity index is 861. The first-order valence-electron chi connectivity index (χ1n) is 19.3. The van der Waals surface area contributed by atoms with E-state index in [1.807, 2.05) is 42.5 Å². The van der Waals surface area contributed by atoms with Crippen LogP contribution in [0.1, 0.15) is 162 Å². The number of ether oxygens (including phenoxy) is 2. The van der Waals surface area contributed by atoms with Gasteiger partial charge < -0.3 is 14.6 Å². The number of rotatable bonds is 34. The fourth-order valence-electron chi connectivity index (χ4n) is 5.12. The molecule has 0 spiro atoms. The molecule has 0 fully saturated rings. The number of aliphatic hydroxyl groups excluding tert-OH is 1. The fourth-order valence-corrected chi connectivity index (χ4v) is 5.12. The molecule has 4 nitrogen and oxygen atoms in total. The molecular formula is C43H72O4. The van der Waals surface area contributed by atoms with Crippen LogP contribution in [0.2, 0.25) is 0 Å². The van der Waals surface area contributed by atoms with Gasteiger partial charge in [0.2, 0.25) is 0 Å². The van der Waals surface area contributed by atoms with Crippen LogP contribution >= 0.6 is 0 Å². The van der Waals surface area contributed by atoms with Crippen LogP contribution in [-0.4, -0.2) is 30.4 Å². The highest BCUT2D eigenvalue weighted by molar-refractivity contribution is 5.82. The largest absolute Gasteiger partial charge is 0.498 e. The fraction of sp³-hybridized carbons (Fsp3) is 0.651. The molecule has 0 radical (unpaired) electrons. The third-order valence-electron chi connectivity index (χ3n) is 8.03. The Morgan fingerprint density at radius 2 is 0.894 bits per heavy atom. The summed E-state index contributed by atoms with van der Waals surface area (Å²) in [5.41, 5.74) is 0. The molecule has 0 rings (SSSR count). The molecule has 0 unspecified atom stereocenters. The molecule has 1 N–H and O–H groups in total. The van der Waals surface area contributed by atoms with E-state index in [0.717, 1.165) is 19.3 Å². The predicted octanol–water partition coefficient (Wildman–Crippen LogP) is 12.8. The van der Waals surface area contributed by atoms with Gasteiger partial charge in [0.05, 0.1) is 12.9 Å². The average Bonchev–Trinajstić information content (AvgIpc) is 3.08. The molecule has 0 amide bonds. The molecule has 268 valence electrons. The zero-order valence-corrected chi connectivity index (χ0v) is 30.5. The number of esters is 1. The molecule has 0 saturated heterocycles. The number of aliphatic hydroxyl groups is 1. The van der Waals surface area contributed by atoms with Crippen LogP contribution in [0.5, 0.6) is 0 Å². The lowest BCUT2D eigenvalue weighted by Crippen LogP contribution is -2.25. The maximum atomic E-state index is 12.0. The summed E-state index contributed by atoms with van der Waals surface area (Å²) >= 11 is 0. The van der Waals surface area contributed by atoms with Crippen molar-refractivity contribution in [1.82, 2.24) is 0 Å². The maximum absolute atomic E-state index is 12.0. The van der Waals surface area contributed by atoms with Crippen LogP contribution in [0.3, 0.4) is 0 Å². The molecule has 0 aromatic carbocycles. The van der Waals surface area contributed by atoms with E-state index in [1.165, 1.54) is 134 Å². The lowest BCUT2D eigenvalue weighted by Gasteiger charge is -2.13. The first-order valence-corrected chi connectivity index (χ1v) is 19.3. The lowest BCUT2D eigenvalue weighted by atomic mass is 10.0. The summed E-state index contributed by atoms with van der Waals surface area (Å²) in [6, 6.07) is 0. The van der Waals surface area contributed by atoms with Crippen LogP contribution in [0.15, 0.2) is 85.3 Å². The molecule has 1 atom stereocenters. The van der Waals surface area contributed by atoms with Gasteiger partial charge in [-0.15, -0.1) is 0 Å². The average molecular weight is 653 g/mol. The van der Waals surface area contributed by atoms with Gasteiger partial charge in [-0.2, -0.15) is 0 Å². The molecule has 0 aromatic rings. The summed E-state index contributed by atoms with van der Waals surface area (Å²) in [7, 11) is 0. The molecule has 0 saturated carbocycles. The monoisotopic (exact) mass is 653 g/mol. The summed E-state index contributed by atoms with van der Waals surface area (Å²) in [4.78, 5) is 12.0. The van der Waals surface area contributed by atoms with Crippen LogP contribution in [0.4, 0.5) is 0 Å². The molecular weight excluding hydrogens is 580 g/mol. The number of allylic oxidation sites excluding steroid dienone is 12. The Labute approximate surface area is 290 Å². The lowest BCUT2D eigenvalue weighted by molar-refractivity contribution is -0.147. The predicted molar refractivity (Wildman–Crippen MR) is 204 cm³/mol. The number of hydrogen-bond acceptors (Lipinski definition) is 4. The van der Waals surface area contributed by atoms with Gasteiger partial charge >= 0.3 is 5.97 Å². The molecule has 0 aliphatic rings. The highest BCUT2D eigenvalue weighted by atomic mass is 16.6. The van der Waals surface area contributed by atoms with E-state index < -0.39 is 12.1 Å². The number of carbonyl (C=O) groups excluding carboxylic acids is 1. The highest BCUT2D eigenvalue weighted by Crippen LogP contribution is 2.13. The van der Waals surface area contributed by atoms with Gasteiger partial charge in [-0.1, -0.05) is 203 Å². The van der Waals surface area contributed by atoms with Gasteiger partial charge in [0.25, 0.3) is 0 Å². The van der Waals surface area contributed by atoms with Gasteiger partial charge in [-0.3, -0.25) is 0 Å². The van der Waals surface area contributed by atoms with Crippen molar-refractivity contribution in [2.24, 2.45) is 0 Å². The standard InChI is InChI=1S/C43H72O4/c1-3-5-7-9-11-13-15-17-19-21-22-23-24-26-28-30-32-34-36-38-43(45)47-42(40-44)41-46-39-37-35-33-31-29-27-25-20-18-16-14-12-10-8-6-4-2/h19,21-24,26,28,30,32,34,36-39,42,44H,3-18,20,25,27,29,31,33,35,40-41H2,1-2H3/b21-19?,23-22?,26-24?,30-28?,34-32?,38-36?,39-37-/t42-/m0/s1. The molecule has 0 aliphatic carbocycles. The van der Waals surface area contributed by atoms with Crippen molar-refractivity contribution < 1.29 is 19.4 Å². The second kappa shape index (κ2) is 39.6. The van der Waals surface area contributed by atoms with E-state index in [0.29, 0.717) is 0 Å². The Morgan fingerprint density at radius 3 is 1.34 bits per heavy atom. The molecule has 0 bridgehead atoms. The van der Waals surface area contributed by atoms with E-state index in [9.17, 15) is 9.90 Å². The summed E-state index contributed by atoms with van der Waals surface area (Å²) in [6.45, 7) is 4.40. The molecule has 0 aromatic heterocycles. The summed E-state index contributed by atoms with van der Waals surface area (Å²) in [6.07, 6.45) is 56.3. The van der Waals surface area contributed by atoms with Crippen LogP contribution in [0, 0.1) is 0 Å². The third-order valence-corrected chi connectivity index (χ3v) is 8.03. The Kier molecular flexibility index (Phi) is 37.4. The Morgan fingerprint density at radius 1 is 0.511 bits per heavy atom. The summed E-state index contributed by atoms with van der Waals surface area (Å²) in [5.74, 6) is -0.502. The van der Waals surface area contributed by atoms with E-state index in [-0.39, 0.29) is 13.2 Å². The van der Waals surface area contributed by atoms with Gasteiger partial charge in [0.1, 0.15) is 6.61 Å². The van der Waals surface area contributed by atoms with Gasteiger partial charge in [-0.25, -0.2) is 4.79 Å². The van der Waals surface area contributed by atoms with Crippen molar-refractivity contribution in [3.8, 4) is 0 Å². The molecule has 0 heterocycles. The van der Waals surface area contributed by atoms with Gasteiger partial charge in [0.15, 0.2) is 6.10 Å². The normalized spacial score (nSPS) is 13.3. The first-order chi connectivity index (χ1) is 23.2. The SMILES string of the molecule is CCCCCCCCCC=CC=CC=CC=CC=CC=CC(=O)O[C@@H](CO)CO/C=C\CCCCCCCCCCCCCCCC. The third kappa shape index (κ3) is 37.7. The van der Waals surface area contributed by atoms with Crippen molar-refractivity contribution >= 4 is 5.97 Å². The number of hydrogen-bond donors (Lipinski definition) is 1. The topological polar surface area (TPSA) is 55.8 Å². The minimum absolute atomic E-state index is 0.139. The second-order valence-electron chi connectivity index (χ2n) is 12.6. The van der Waals surface area contributed by atoms with Crippen molar-refractivity contribution in [3.63, 3.8) is 0 Å². The van der Waals surface area contributed by atoms with Crippen LogP contribution in [0.25, 0.3) is 0 Å². The Hall–Kier alpha value is -2.59. The zero-order chi connectivity index (χ0) is 34.1. The van der Waals surface area contributed by atoms with Crippen LogP contribution < -0.4 is 0 Å². The second-order valence-corrected chi connectivity index (χ2v) is 12.6. The minimum atomic E-state index is -0.685. The van der Waals surface area contributed by atoms with E-state index in [2.05, 4.69) is 32.1 Å². The van der Waals surface area contributed by atoms with Crippen molar-refractivity contribution in [2.75, 3.05) is 13.2 Å². The van der Waals surface area contributed by atoms with Gasteiger partial charge in [-0.05, 0) is 31.8 Å². The highest BCUT2D eigenvalue weighted by Gasteiger charge is 2.11. The molecule has 47 heavy (non-hydrogen) atoms. The molecule has 0 aliphatic heterocycles. The minimum Gasteiger partial charge on any atom is -0.498 e. The quantitative estimate of drug-likeness (QED) is 0.0247. The van der Waals surface area contributed by atoms with Crippen molar-refractivity contribution in [1.29, 1.82) is 0 Å². The molecule has 4 heteroatoms. The van der Waals surface area contributed by atoms with Gasteiger partial charge in [0, 0.05) is 6.08 Å². The van der Waals surface area contributed by atoms with E-state index in [1.54, 1.807) is 18.4 Å². The summed E-state index contributed by atoms with van der Waals surface area (Å²) in [5, 5.41) is 9.51. The van der Waals surface area contributed by atoms with Crippen LogP contribution in [-0.2, 0) is 14.3 Å².